The number of anilines is 1. The number of hydrogen-bond donors (Lipinski definition) is 2. The lowest BCUT2D eigenvalue weighted by Crippen LogP contribution is -2.10. The summed E-state index contributed by atoms with van der Waals surface area (Å²) in [5.41, 5.74) is 2.91. The molecule has 5 aromatic rings. The first-order valence-corrected chi connectivity index (χ1v) is 9.94. The largest absolute Gasteiger partial charge is 0.462 e. The molecule has 0 radical (unpaired) electrons. The molecule has 0 aliphatic carbocycles. The van der Waals surface area contributed by atoms with Crippen LogP contribution in [0, 0.1) is 5.82 Å². The lowest BCUT2D eigenvalue weighted by atomic mass is 10.0. The van der Waals surface area contributed by atoms with Gasteiger partial charge >= 0.3 is 0 Å². The number of hydrogen-bond acceptors (Lipinski definition) is 5. The van der Waals surface area contributed by atoms with Gasteiger partial charge in [-0.25, -0.2) is 9.37 Å². The van der Waals surface area contributed by atoms with Gasteiger partial charge in [0.15, 0.2) is 5.58 Å². The Labute approximate surface area is 180 Å². The summed E-state index contributed by atoms with van der Waals surface area (Å²) >= 11 is 5.76. The van der Waals surface area contributed by atoms with Crippen molar-refractivity contribution in [2.75, 3.05) is 5.32 Å². The molecule has 1 atom stereocenters. The van der Waals surface area contributed by atoms with Crippen molar-refractivity contribution >= 4 is 39.3 Å². The normalized spacial score (nSPS) is 12.4. The maximum Gasteiger partial charge on any atom is 0.200 e. The zero-order chi connectivity index (χ0) is 21.5. The Balaban J connectivity index is 1.51. The molecule has 0 saturated heterocycles. The fourth-order valence-electron chi connectivity index (χ4n) is 3.50. The smallest absolute Gasteiger partial charge is 0.200 e. The van der Waals surface area contributed by atoms with Crippen molar-refractivity contribution in [2.45, 2.75) is 13.0 Å². The SMILES string of the molecule is C[C@H](Nc1cc2c(=O)c(-c3ccc4cn[nH]c4c3)coc2cn1)c1ccc(Cl)c(F)c1. The number of nitrogens with one attached hydrogen (secondary N) is 2. The number of H-pyrrole nitrogens is 1. The van der Waals surface area contributed by atoms with Gasteiger partial charge in [0.2, 0.25) is 5.43 Å². The van der Waals surface area contributed by atoms with Crippen LogP contribution in [0.2, 0.25) is 5.02 Å². The van der Waals surface area contributed by atoms with Crippen LogP contribution >= 0.6 is 11.6 Å². The highest BCUT2D eigenvalue weighted by molar-refractivity contribution is 6.30. The van der Waals surface area contributed by atoms with Crippen LogP contribution < -0.4 is 10.7 Å². The third-order valence-electron chi connectivity index (χ3n) is 5.22. The van der Waals surface area contributed by atoms with Crippen molar-refractivity contribution < 1.29 is 8.81 Å². The molecule has 2 N–H and O–H groups in total. The topological polar surface area (TPSA) is 83.8 Å². The highest BCUT2D eigenvalue weighted by Gasteiger charge is 2.14. The molecule has 0 fully saturated rings. The van der Waals surface area contributed by atoms with Crippen LogP contribution in [0.15, 0.2) is 70.3 Å². The Bertz CT molecular complexity index is 1490. The molecule has 0 aliphatic rings. The molecule has 3 aromatic heterocycles. The van der Waals surface area contributed by atoms with E-state index in [1.165, 1.54) is 24.6 Å². The van der Waals surface area contributed by atoms with Crippen LogP contribution in [0.4, 0.5) is 10.2 Å². The predicted octanol–water partition coefficient (Wildman–Crippen LogP) is 5.70. The number of fused-ring (bicyclic) bond motifs is 2. The van der Waals surface area contributed by atoms with E-state index >= 15 is 0 Å². The summed E-state index contributed by atoms with van der Waals surface area (Å²) in [5.74, 6) is -0.0114. The van der Waals surface area contributed by atoms with Crippen molar-refractivity contribution in [2.24, 2.45) is 0 Å². The first-order chi connectivity index (χ1) is 15.0. The van der Waals surface area contributed by atoms with Gasteiger partial charge in [0.1, 0.15) is 17.9 Å². The van der Waals surface area contributed by atoms with Crippen LogP contribution in [-0.4, -0.2) is 15.2 Å². The van der Waals surface area contributed by atoms with Crippen molar-refractivity contribution in [3.05, 3.63) is 87.7 Å². The number of pyridine rings is 1. The zero-order valence-corrected chi connectivity index (χ0v) is 17.1. The molecule has 6 nitrogen and oxygen atoms in total. The van der Waals surface area contributed by atoms with E-state index in [-0.39, 0.29) is 16.5 Å². The van der Waals surface area contributed by atoms with E-state index in [1.807, 2.05) is 25.1 Å². The third-order valence-corrected chi connectivity index (χ3v) is 5.53. The van der Waals surface area contributed by atoms with Crippen molar-refractivity contribution in [3.63, 3.8) is 0 Å². The van der Waals surface area contributed by atoms with Gasteiger partial charge in [-0.05, 0) is 42.3 Å². The van der Waals surface area contributed by atoms with Crippen LogP contribution in [-0.2, 0) is 0 Å². The maximum absolute atomic E-state index is 13.8. The van der Waals surface area contributed by atoms with Crippen molar-refractivity contribution in [1.82, 2.24) is 15.2 Å². The van der Waals surface area contributed by atoms with Crippen LogP contribution in [0.3, 0.4) is 0 Å². The lowest BCUT2D eigenvalue weighted by molar-refractivity contribution is 0.603. The summed E-state index contributed by atoms with van der Waals surface area (Å²) in [7, 11) is 0. The summed E-state index contributed by atoms with van der Waals surface area (Å²) < 4.78 is 19.5. The highest BCUT2D eigenvalue weighted by atomic mass is 35.5. The minimum absolute atomic E-state index is 0.0678. The third kappa shape index (κ3) is 3.53. The van der Waals surface area contributed by atoms with E-state index in [0.29, 0.717) is 27.9 Å². The first kappa shape index (κ1) is 19.3. The number of halogens is 2. The molecule has 2 aromatic carbocycles. The lowest BCUT2D eigenvalue weighted by Gasteiger charge is -2.15. The monoisotopic (exact) mass is 434 g/mol. The Morgan fingerprint density at radius 3 is 2.87 bits per heavy atom. The number of nitrogens with zero attached hydrogens (tertiary/aromatic N) is 2. The van der Waals surface area contributed by atoms with Crippen LogP contribution in [0.1, 0.15) is 18.5 Å². The average Bonchev–Trinajstić information content (AvgIpc) is 3.24. The van der Waals surface area contributed by atoms with Crippen molar-refractivity contribution in [3.8, 4) is 11.1 Å². The first-order valence-electron chi connectivity index (χ1n) is 9.56. The Morgan fingerprint density at radius 2 is 2.03 bits per heavy atom. The Hall–Kier alpha value is -3.71. The number of aromatic amines is 1. The van der Waals surface area contributed by atoms with Crippen LogP contribution in [0.5, 0.6) is 0 Å². The molecule has 0 saturated carbocycles. The van der Waals surface area contributed by atoms with Gasteiger partial charge in [-0.1, -0.05) is 29.8 Å². The fraction of sp³-hybridized carbons (Fsp3) is 0.0870. The number of benzene rings is 2. The summed E-state index contributed by atoms with van der Waals surface area (Å²) in [6, 6.07) is 11.6. The molecule has 3 heterocycles. The summed E-state index contributed by atoms with van der Waals surface area (Å²) in [5, 5.41) is 11.5. The second-order valence-corrected chi connectivity index (χ2v) is 7.66. The van der Waals surface area contributed by atoms with E-state index in [2.05, 4.69) is 20.5 Å². The van der Waals surface area contributed by atoms with Crippen LogP contribution in [0.25, 0.3) is 33.0 Å². The van der Waals surface area contributed by atoms with Gasteiger partial charge in [0.05, 0.1) is 39.9 Å². The molecular weight excluding hydrogens is 419 g/mol. The quantitative estimate of drug-likeness (QED) is 0.379. The molecule has 5 rings (SSSR count). The minimum Gasteiger partial charge on any atom is -0.462 e. The van der Waals surface area contributed by atoms with E-state index in [0.717, 1.165) is 16.5 Å². The van der Waals surface area contributed by atoms with Gasteiger partial charge in [-0.15, -0.1) is 0 Å². The van der Waals surface area contributed by atoms with E-state index in [9.17, 15) is 9.18 Å². The number of rotatable bonds is 4. The molecular formula is C23H16ClFN4O2. The van der Waals surface area contributed by atoms with Gasteiger partial charge in [0.25, 0.3) is 0 Å². The molecule has 8 heteroatoms. The fourth-order valence-corrected chi connectivity index (χ4v) is 3.62. The van der Waals surface area contributed by atoms with Gasteiger partial charge in [0, 0.05) is 5.39 Å². The Morgan fingerprint density at radius 1 is 1.16 bits per heavy atom. The second-order valence-electron chi connectivity index (χ2n) is 7.26. The molecule has 0 bridgehead atoms. The second kappa shape index (κ2) is 7.52. The molecule has 31 heavy (non-hydrogen) atoms. The minimum atomic E-state index is -0.487. The summed E-state index contributed by atoms with van der Waals surface area (Å²) in [4.78, 5) is 17.5. The van der Waals surface area contributed by atoms with Gasteiger partial charge in [-0.3, -0.25) is 9.89 Å². The van der Waals surface area contributed by atoms with Gasteiger partial charge in [-0.2, -0.15) is 5.10 Å². The average molecular weight is 435 g/mol. The summed E-state index contributed by atoms with van der Waals surface area (Å²) in [6.07, 6.45) is 4.66. The number of aromatic nitrogens is 3. The predicted molar refractivity (Wildman–Crippen MR) is 119 cm³/mol. The zero-order valence-electron chi connectivity index (χ0n) is 16.3. The molecule has 0 amide bonds. The van der Waals surface area contributed by atoms with E-state index in [4.69, 9.17) is 16.0 Å². The Kier molecular flexibility index (Phi) is 4.67. The van der Waals surface area contributed by atoms with E-state index < -0.39 is 5.82 Å². The van der Waals surface area contributed by atoms with Gasteiger partial charge < -0.3 is 9.73 Å². The van der Waals surface area contributed by atoms with E-state index in [1.54, 1.807) is 18.3 Å². The van der Waals surface area contributed by atoms with Crippen molar-refractivity contribution in [1.29, 1.82) is 0 Å². The molecule has 0 spiro atoms. The highest BCUT2D eigenvalue weighted by Crippen LogP contribution is 2.26. The molecule has 0 aliphatic heterocycles. The standard InChI is InChI=1S/C23H16ClFN4O2/c1-12(13-4-5-18(24)19(25)6-13)28-22-8-16-21(10-26-22)31-11-17(23(16)30)14-2-3-15-9-27-29-20(15)7-14/h2-12H,1H3,(H,26,28)(H,27,29)/t12-/m0/s1. The molecule has 0 unspecified atom stereocenters. The summed E-state index contributed by atoms with van der Waals surface area (Å²) in [6.45, 7) is 1.87. The maximum atomic E-state index is 13.8. The molecule has 154 valence electrons.